The van der Waals surface area contributed by atoms with E-state index >= 15 is 0 Å². The van der Waals surface area contributed by atoms with Crippen LogP contribution in [0.2, 0.25) is 0 Å². The Bertz CT molecular complexity index is 548. The van der Waals surface area contributed by atoms with Gasteiger partial charge in [0, 0.05) is 36.7 Å². The first-order valence-corrected chi connectivity index (χ1v) is 7.84. The molecule has 8 heteroatoms. The first-order chi connectivity index (χ1) is 10.4. The highest BCUT2D eigenvalue weighted by Gasteiger charge is 2.37. The number of hydrogen-bond donors (Lipinski definition) is 1. The second-order valence-electron chi connectivity index (χ2n) is 5.35. The zero-order valence-electron chi connectivity index (χ0n) is 11.8. The molecule has 0 spiro atoms. The number of ether oxygens (including phenoxy) is 2. The Kier molecular flexibility index (Phi) is 4.52. The maximum absolute atomic E-state index is 13.0. The summed E-state index contributed by atoms with van der Waals surface area (Å²) in [5.74, 6) is 1.06. The lowest BCUT2D eigenvalue weighted by molar-refractivity contribution is -0.148. The van der Waals surface area contributed by atoms with E-state index in [1.54, 1.807) is 12.1 Å². The van der Waals surface area contributed by atoms with Crippen LogP contribution in [0.4, 0.5) is 13.2 Å². The van der Waals surface area contributed by atoms with E-state index in [0.717, 1.165) is 0 Å². The summed E-state index contributed by atoms with van der Waals surface area (Å²) >= 11 is 3.38. The molecule has 0 aromatic heterocycles. The average molecular weight is 381 g/mol. The van der Waals surface area contributed by atoms with E-state index in [1.807, 2.05) is 4.90 Å². The first-order valence-electron chi connectivity index (χ1n) is 7.04. The van der Waals surface area contributed by atoms with Gasteiger partial charge >= 0.3 is 6.18 Å². The fraction of sp³-hybridized carbons (Fsp3) is 0.571. The molecule has 0 aliphatic carbocycles. The van der Waals surface area contributed by atoms with Crippen molar-refractivity contribution in [3.8, 4) is 11.5 Å². The van der Waals surface area contributed by atoms with Gasteiger partial charge in [-0.05, 0) is 17.7 Å². The van der Waals surface area contributed by atoms with Crippen molar-refractivity contribution in [3.63, 3.8) is 0 Å². The maximum atomic E-state index is 13.0. The van der Waals surface area contributed by atoms with Crippen LogP contribution in [0.1, 0.15) is 18.0 Å². The van der Waals surface area contributed by atoms with E-state index in [1.165, 1.54) is 0 Å². The summed E-state index contributed by atoms with van der Waals surface area (Å²) in [4.78, 5) is 1.87. The summed E-state index contributed by atoms with van der Waals surface area (Å²) in [7, 11) is 0. The molecule has 0 amide bonds. The van der Waals surface area contributed by atoms with E-state index in [4.69, 9.17) is 9.47 Å². The second-order valence-corrected chi connectivity index (χ2v) is 6.20. The van der Waals surface area contributed by atoms with Crippen LogP contribution in [0.5, 0.6) is 11.5 Å². The zero-order chi connectivity index (χ0) is 15.7. The van der Waals surface area contributed by atoms with E-state index < -0.39 is 18.6 Å². The standard InChI is InChI=1S/C14H16BrF3N2O2/c15-10-6-13-12(21-8-22-13)5-9(10)11(7-14(16,17)18)20-3-1-19-2-4-20/h5-6,11,19H,1-4,7-8H2/t11-/m1/s1. The average Bonchev–Trinajstić information content (AvgIpc) is 2.91. The molecular weight excluding hydrogens is 365 g/mol. The molecule has 1 aromatic carbocycles. The lowest BCUT2D eigenvalue weighted by Gasteiger charge is -2.36. The number of halogens is 4. The third-order valence-electron chi connectivity index (χ3n) is 3.87. The molecule has 1 N–H and O–H groups in total. The van der Waals surface area contributed by atoms with Gasteiger partial charge in [-0.25, -0.2) is 0 Å². The number of alkyl halides is 3. The Hall–Kier alpha value is -0.990. The van der Waals surface area contributed by atoms with Gasteiger partial charge in [-0.1, -0.05) is 15.9 Å². The van der Waals surface area contributed by atoms with Crippen molar-refractivity contribution < 1.29 is 22.6 Å². The second kappa shape index (κ2) is 6.25. The minimum Gasteiger partial charge on any atom is -0.454 e. The van der Waals surface area contributed by atoms with Crippen LogP contribution in [-0.4, -0.2) is 44.0 Å². The van der Waals surface area contributed by atoms with Crippen LogP contribution in [0, 0.1) is 0 Å². The van der Waals surface area contributed by atoms with E-state index in [2.05, 4.69) is 21.2 Å². The predicted molar refractivity (Wildman–Crippen MR) is 78.1 cm³/mol. The van der Waals surface area contributed by atoms with Crippen LogP contribution in [0.15, 0.2) is 16.6 Å². The van der Waals surface area contributed by atoms with Crippen molar-refractivity contribution >= 4 is 15.9 Å². The summed E-state index contributed by atoms with van der Waals surface area (Å²) in [6, 6.07) is 2.61. The number of hydrogen-bond acceptors (Lipinski definition) is 4. The van der Waals surface area contributed by atoms with Gasteiger partial charge in [-0.3, -0.25) is 4.90 Å². The molecule has 0 unspecified atom stereocenters. The van der Waals surface area contributed by atoms with Gasteiger partial charge < -0.3 is 14.8 Å². The predicted octanol–water partition coefficient (Wildman–Crippen LogP) is 3.08. The fourth-order valence-corrected chi connectivity index (χ4v) is 3.42. The summed E-state index contributed by atoms with van der Waals surface area (Å²) in [5, 5.41) is 3.16. The van der Waals surface area contributed by atoms with Crippen molar-refractivity contribution in [1.82, 2.24) is 10.2 Å². The van der Waals surface area contributed by atoms with Gasteiger partial charge in [0.1, 0.15) is 0 Å². The summed E-state index contributed by atoms with van der Waals surface area (Å²) in [6.07, 6.45) is -5.11. The van der Waals surface area contributed by atoms with Gasteiger partial charge in [0.05, 0.1) is 6.42 Å². The van der Waals surface area contributed by atoms with Crippen LogP contribution in [0.3, 0.4) is 0 Å². The lowest BCUT2D eigenvalue weighted by Crippen LogP contribution is -2.46. The Morgan fingerprint density at radius 1 is 1.18 bits per heavy atom. The van der Waals surface area contributed by atoms with Crippen molar-refractivity contribution in [3.05, 3.63) is 22.2 Å². The van der Waals surface area contributed by atoms with Crippen LogP contribution < -0.4 is 14.8 Å². The highest BCUT2D eigenvalue weighted by atomic mass is 79.9. The fourth-order valence-electron chi connectivity index (χ4n) is 2.84. The first kappa shape index (κ1) is 15.9. The monoisotopic (exact) mass is 380 g/mol. The number of rotatable bonds is 3. The number of piperazine rings is 1. The zero-order valence-corrected chi connectivity index (χ0v) is 13.3. The highest BCUT2D eigenvalue weighted by molar-refractivity contribution is 9.10. The SMILES string of the molecule is FC(F)(F)C[C@H](c1cc2c(cc1Br)OCO2)N1CCNCC1. The molecule has 2 heterocycles. The minimum absolute atomic E-state index is 0.1000. The van der Waals surface area contributed by atoms with Crippen LogP contribution in [-0.2, 0) is 0 Å². The number of nitrogens with one attached hydrogen (secondary N) is 1. The Labute approximate surface area is 134 Å². The normalized spacial score (nSPS) is 20.2. The van der Waals surface area contributed by atoms with Gasteiger partial charge in [-0.2, -0.15) is 13.2 Å². The molecule has 1 saturated heterocycles. The molecule has 0 saturated carbocycles. The maximum Gasteiger partial charge on any atom is 0.390 e. The Balaban J connectivity index is 1.94. The van der Waals surface area contributed by atoms with Crippen molar-refractivity contribution in [1.29, 1.82) is 0 Å². The Morgan fingerprint density at radius 3 is 2.45 bits per heavy atom. The van der Waals surface area contributed by atoms with Crippen LogP contribution >= 0.6 is 15.9 Å². The largest absolute Gasteiger partial charge is 0.454 e. The summed E-state index contributed by atoms with van der Waals surface area (Å²) < 4.78 is 50.3. The number of benzene rings is 1. The third kappa shape index (κ3) is 3.49. The molecule has 3 rings (SSSR count). The Morgan fingerprint density at radius 2 is 1.82 bits per heavy atom. The molecule has 0 bridgehead atoms. The van der Waals surface area contributed by atoms with Gasteiger partial charge in [-0.15, -0.1) is 0 Å². The van der Waals surface area contributed by atoms with Gasteiger partial charge in [0.15, 0.2) is 11.5 Å². The molecule has 2 aliphatic rings. The molecular formula is C14H16BrF3N2O2. The van der Waals surface area contributed by atoms with Crippen molar-refractivity contribution in [2.24, 2.45) is 0 Å². The van der Waals surface area contributed by atoms with Crippen molar-refractivity contribution in [2.45, 2.75) is 18.6 Å². The molecule has 2 aliphatic heterocycles. The molecule has 1 fully saturated rings. The van der Waals surface area contributed by atoms with Gasteiger partial charge in [0.2, 0.25) is 6.79 Å². The third-order valence-corrected chi connectivity index (χ3v) is 4.55. The molecule has 4 nitrogen and oxygen atoms in total. The summed E-state index contributed by atoms with van der Waals surface area (Å²) in [5.41, 5.74) is 0.587. The molecule has 1 atom stereocenters. The molecule has 1 aromatic rings. The van der Waals surface area contributed by atoms with Crippen molar-refractivity contribution in [2.75, 3.05) is 33.0 Å². The number of nitrogens with zero attached hydrogens (tertiary/aromatic N) is 1. The summed E-state index contributed by atoms with van der Waals surface area (Å²) in [6.45, 7) is 2.65. The highest BCUT2D eigenvalue weighted by Crippen LogP contribution is 2.43. The quantitative estimate of drug-likeness (QED) is 0.873. The van der Waals surface area contributed by atoms with Crippen LogP contribution in [0.25, 0.3) is 0 Å². The minimum atomic E-state index is -4.23. The molecule has 122 valence electrons. The molecule has 22 heavy (non-hydrogen) atoms. The van der Waals surface area contributed by atoms with E-state index in [0.29, 0.717) is 47.7 Å². The topological polar surface area (TPSA) is 33.7 Å². The van der Waals surface area contributed by atoms with E-state index in [-0.39, 0.29) is 6.79 Å². The smallest absolute Gasteiger partial charge is 0.390 e. The van der Waals surface area contributed by atoms with E-state index in [9.17, 15) is 13.2 Å². The lowest BCUT2D eigenvalue weighted by atomic mass is 10.00. The van der Waals surface area contributed by atoms with Gasteiger partial charge in [0.25, 0.3) is 0 Å². The molecule has 0 radical (unpaired) electrons. The number of fused-ring (bicyclic) bond motifs is 1.